The minimum absolute atomic E-state index is 0.0910. The number of carbonyl (C=O) groups is 3. The van der Waals surface area contributed by atoms with Gasteiger partial charge in [0.25, 0.3) is 5.91 Å². The van der Waals surface area contributed by atoms with Crippen LogP contribution in [0.15, 0.2) is 72.8 Å². The quantitative estimate of drug-likeness (QED) is 0.391. The van der Waals surface area contributed by atoms with Crippen LogP contribution in [-0.4, -0.2) is 49.5 Å². The topological polar surface area (TPSA) is 97.0 Å². The first-order valence-electron chi connectivity index (χ1n) is 11.3. The summed E-state index contributed by atoms with van der Waals surface area (Å²) in [5, 5.41) is 5.56. The Hall–Kier alpha value is -4.24. The van der Waals surface area contributed by atoms with Gasteiger partial charge in [-0.25, -0.2) is 4.39 Å². The fraction of sp³-hybridized carbons (Fsp3) is 0.222. The average Bonchev–Trinajstić information content (AvgIpc) is 2.86. The molecular formula is C27H28FN3O5. The molecule has 0 aromatic heterocycles. The van der Waals surface area contributed by atoms with Crippen LogP contribution in [0.25, 0.3) is 0 Å². The molecule has 188 valence electrons. The van der Waals surface area contributed by atoms with Gasteiger partial charge < -0.3 is 20.1 Å². The van der Waals surface area contributed by atoms with Crippen molar-refractivity contribution in [2.75, 3.05) is 37.4 Å². The number of hydrogen-bond acceptors (Lipinski definition) is 6. The Kier molecular flexibility index (Phi) is 9.53. The van der Waals surface area contributed by atoms with Crippen molar-refractivity contribution >= 4 is 29.2 Å². The number of methoxy groups -OCH3 is 1. The number of benzene rings is 3. The van der Waals surface area contributed by atoms with Gasteiger partial charge in [0.15, 0.2) is 0 Å². The molecule has 9 heteroatoms. The number of amides is 2. The highest BCUT2D eigenvalue weighted by Gasteiger charge is 2.17. The maximum Gasteiger partial charge on any atom is 0.320 e. The Bertz CT molecular complexity index is 1180. The lowest BCUT2D eigenvalue weighted by atomic mass is 10.2. The molecule has 2 N–H and O–H groups in total. The number of para-hydroxylation sites is 2. The Balaban J connectivity index is 1.61. The van der Waals surface area contributed by atoms with E-state index >= 15 is 0 Å². The summed E-state index contributed by atoms with van der Waals surface area (Å²) in [6.45, 7) is 2.00. The summed E-state index contributed by atoms with van der Waals surface area (Å²) in [4.78, 5) is 38.9. The highest BCUT2D eigenvalue weighted by molar-refractivity contribution is 6.05. The molecule has 2 amide bonds. The molecule has 0 radical (unpaired) electrons. The van der Waals surface area contributed by atoms with Gasteiger partial charge in [-0.2, -0.15) is 0 Å². The maximum absolute atomic E-state index is 13.2. The third kappa shape index (κ3) is 7.92. The van der Waals surface area contributed by atoms with Crippen molar-refractivity contribution in [2.45, 2.75) is 13.5 Å². The third-order valence-corrected chi connectivity index (χ3v) is 5.13. The minimum atomic E-state index is -0.460. The average molecular weight is 494 g/mol. The molecule has 0 heterocycles. The molecule has 0 unspecified atom stereocenters. The van der Waals surface area contributed by atoms with Gasteiger partial charge in [-0.3, -0.25) is 19.3 Å². The second kappa shape index (κ2) is 13.0. The molecule has 0 atom stereocenters. The number of ether oxygens (including phenoxy) is 2. The molecule has 0 bridgehead atoms. The van der Waals surface area contributed by atoms with Crippen LogP contribution in [0.4, 0.5) is 15.8 Å². The summed E-state index contributed by atoms with van der Waals surface area (Å²) in [6, 6.07) is 19.3. The molecule has 36 heavy (non-hydrogen) atoms. The van der Waals surface area contributed by atoms with Crippen LogP contribution >= 0.6 is 0 Å². The number of carbonyl (C=O) groups excluding carboxylic acids is 3. The predicted molar refractivity (Wildman–Crippen MR) is 134 cm³/mol. The lowest BCUT2D eigenvalue weighted by Crippen LogP contribution is -2.37. The fourth-order valence-electron chi connectivity index (χ4n) is 3.46. The van der Waals surface area contributed by atoms with Crippen molar-refractivity contribution in [2.24, 2.45) is 0 Å². The summed E-state index contributed by atoms with van der Waals surface area (Å²) >= 11 is 0. The molecule has 0 saturated carbocycles. The van der Waals surface area contributed by atoms with E-state index in [9.17, 15) is 18.8 Å². The normalized spacial score (nSPS) is 10.6. The van der Waals surface area contributed by atoms with E-state index in [1.54, 1.807) is 72.5 Å². The van der Waals surface area contributed by atoms with E-state index in [1.807, 2.05) is 0 Å². The molecule has 0 spiro atoms. The van der Waals surface area contributed by atoms with Crippen LogP contribution < -0.4 is 15.4 Å². The first-order valence-corrected chi connectivity index (χ1v) is 11.3. The van der Waals surface area contributed by atoms with E-state index in [0.29, 0.717) is 22.7 Å². The molecule has 3 aromatic carbocycles. The molecule has 0 fully saturated rings. The lowest BCUT2D eigenvalue weighted by molar-refractivity contribution is -0.144. The molecule has 0 aliphatic carbocycles. The molecule has 3 aromatic rings. The second-order valence-corrected chi connectivity index (χ2v) is 7.86. The number of esters is 1. The minimum Gasteiger partial charge on any atom is -0.495 e. The van der Waals surface area contributed by atoms with Crippen LogP contribution in [0.2, 0.25) is 0 Å². The van der Waals surface area contributed by atoms with E-state index in [-0.39, 0.29) is 43.9 Å². The number of nitrogens with zero attached hydrogens (tertiary/aromatic N) is 1. The van der Waals surface area contributed by atoms with Crippen LogP contribution in [0.3, 0.4) is 0 Å². The van der Waals surface area contributed by atoms with E-state index in [4.69, 9.17) is 9.47 Å². The molecule has 8 nitrogen and oxygen atoms in total. The number of anilines is 2. The van der Waals surface area contributed by atoms with Gasteiger partial charge in [0, 0.05) is 17.8 Å². The van der Waals surface area contributed by atoms with Crippen molar-refractivity contribution < 1.29 is 28.2 Å². The highest BCUT2D eigenvalue weighted by Crippen LogP contribution is 2.24. The van der Waals surface area contributed by atoms with Gasteiger partial charge in [0.2, 0.25) is 5.91 Å². The van der Waals surface area contributed by atoms with Crippen LogP contribution in [-0.2, 0) is 20.9 Å². The van der Waals surface area contributed by atoms with Crippen LogP contribution in [0, 0.1) is 5.82 Å². The Morgan fingerprint density at radius 3 is 2.25 bits per heavy atom. The largest absolute Gasteiger partial charge is 0.495 e. The molecule has 0 aliphatic rings. The van der Waals surface area contributed by atoms with Gasteiger partial charge in [-0.1, -0.05) is 24.3 Å². The standard InChI is InChI=1S/C27H28FN3O5/c1-3-36-26(33)18-31(16-19-8-12-21(28)13-9-19)17-25(32)29-22-14-10-20(11-15-22)27(34)30-23-6-4-5-7-24(23)35-2/h4-15H,3,16-18H2,1-2H3,(H,29,32)(H,30,34). The van der Waals surface area contributed by atoms with Crippen molar-refractivity contribution in [3.05, 3.63) is 89.7 Å². The SMILES string of the molecule is CCOC(=O)CN(CC(=O)Nc1ccc(C(=O)Nc2ccccc2OC)cc1)Cc1ccc(F)cc1. The smallest absolute Gasteiger partial charge is 0.320 e. The van der Waals surface area contributed by atoms with Crippen LogP contribution in [0.5, 0.6) is 5.75 Å². The second-order valence-electron chi connectivity index (χ2n) is 7.86. The molecule has 0 aliphatic heterocycles. The lowest BCUT2D eigenvalue weighted by Gasteiger charge is -2.21. The first kappa shape index (κ1) is 26.4. The fourth-order valence-corrected chi connectivity index (χ4v) is 3.46. The summed E-state index contributed by atoms with van der Waals surface area (Å²) in [5.74, 6) is -0.959. The summed E-state index contributed by atoms with van der Waals surface area (Å²) < 4.78 is 23.5. The van der Waals surface area contributed by atoms with Crippen molar-refractivity contribution in [1.29, 1.82) is 0 Å². The summed E-state index contributed by atoms with van der Waals surface area (Å²) in [5.41, 5.74) is 2.19. The van der Waals surface area contributed by atoms with Crippen molar-refractivity contribution in [3.63, 3.8) is 0 Å². The zero-order valence-corrected chi connectivity index (χ0v) is 20.1. The van der Waals surface area contributed by atoms with E-state index in [1.165, 1.54) is 19.2 Å². The van der Waals surface area contributed by atoms with Crippen molar-refractivity contribution in [1.82, 2.24) is 4.90 Å². The Morgan fingerprint density at radius 2 is 1.58 bits per heavy atom. The molecule has 0 saturated heterocycles. The van der Waals surface area contributed by atoms with Crippen molar-refractivity contribution in [3.8, 4) is 5.75 Å². The van der Waals surface area contributed by atoms with Crippen LogP contribution in [0.1, 0.15) is 22.8 Å². The zero-order chi connectivity index (χ0) is 25.9. The highest BCUT2D eigenvalue weighted by atomic mass is 19.1. The molecule has 3 rings (SSSR count). The molecular weight excluding hydrogens is 465 g/mol. The van der Waals surface area contributed by atoms with Gasteiger partial charge in [0.1, 0.15) is 11.6 Å². The van der Waals surface area contributed by atoms with Gasteiger partial charge in [-0.05, 0) is 61.0 Å². The zero-order valence-electron chi connectivity index (χ0n) is 20.1. The third-order valence-electron chi connectivity index (χ3n) is 5.13. The maximum atomic E-state index is 13.2. The number of hydrogen-bond donors (Lipinski definition) is 2. The van der Waals surface area contributed by atoms with E-state index in [2.05, 4.69) is 10.6 Å². The number of halogens is 1. The van der Waals surface area contributed by atoms with Gasteiger partial charge in [0.05, 0.1) is 32.5 Å². The Labute approximate surface area is 209 Å². The number of rotatable bonds is 11. The number of nitrogens with one attached hydrogen (secondary N) is 2. The summed E-state index contributed by atoms with van der Waals surface area (Å²) in [6.07, 6.45) is 0. The van der Waals surface area contributed by atoms with E-state index in [0.717, 1.165) is 5.56 Å². The van der Waals surface area contributed by atoms with Gasteiger partial charge in [-0.15, -0.1) is 0 Å². The van der Waals surface area contributed by atoms with E-state index < -0.39 is 5.97 Å². The first-order chi connectivity index (χ1) is 17.4. The summed E-state index contributed by atoms with van der Waals surface area (Å²) in [7, 11) is 1.52. The Morgan fingerprint density at radius 1 is 0.889 bits per heavy atom. The van der Waals surface area contributed by atoms with Gasteiger partial charge >= 0.3 is 5.97 Å². The monoisotopic (exact) mass is 493 g/mol. The predicted octanol–water partition coefficient (Wildman–Crippen LogP) is 4.09.